The minimum atomic E-state index is 0.333. The number of aromatic nitrogens is 2. The predicted octanol–water partition coefficient (Wildman–Crippen LogP) is 4.08. The predicted molar refractivity (Wildman–Crippen MR) is 94.2 cm³/mol. The van der Waals surface area contributed by atoms with E-state index < -0.39 is 0 Å². The second-order valence-electron chi connectivity index (χ2n) is 6.88. The molecule has 1 fully saturated rings. The first-order chi connectivity index (χ1) is 11.2. The summed E-state index contributed by atoms with van der Waals surface area (Å²) in [4.78, 5) is 12.0. The highest BCUT2D eigenvalue weighted by Crippen LogP contribution is 2.51. The standard InChI is InChI=1S/C19H24N4/c1-4-20-17-10-18(22-19(21-17)12(2)3)23-11-13-9-16(23)15-8-6-5-7-14(13)15/h5-8,10,12-13,16H,4,9,11H2,1-3H3,(H,20,21,22)/t13-,16+/m1/s1. The summed E-state index contributed by atoms with van der Waals surface area (Å²) in [6.45, 7) is 8.36. The maximum absolute atomic E-state index is 4.86. The van der Waals surface area contributed by atoms with Crippen molar-refractivity contribution in [3.63, 3.8) is 0 Å². The van der Waals surface area contributed by atoms with Crippen LogP contribution in [0.4, 0.5) is 11.6 Å². The maximum atomic E-state index is 4.86. The Labute approximate surface area is 138 Å². The van der Waals surface area contributed by atoms with Gasteiger partial charge in [0.05, 0.1) is 6.04 Å². The highest BCUT2D eigenvalue weighted by Gasteiger charge is 2.42. The summed E-state index contributed by atoms with van der Waals surface area (Å²) < 4.78 is 0. The number of rotatable bonds is 4. The second kappa shape index (κ2) is 5.52. The van der Waals surface area contributed by atoms with Gasteiger partial charge in [-0.1, -0.05) is 38.1 Å². The van der Waals surface area contributed by atoms with Gasteiger partial charge in [0.1, 0.15) is 17.5 Å². The fourth-order valence-corrected chi connectivity index (χ4v) is 3.93. The molecule has 23 heavy (non-hydrogen) atoms. The molecule has 0 unspecified atom stereocenters. The minimum Gasteiger partial charge on any atom is -0.370 e. The van der Waals surface area contributed by atoms with Gasteiger partial charge in [-0.15, -0.1) is 0 Å². The van der Waals surface area contributed by atoms with Crippen molar-refractivity contribution in [1.82, 2.24) is 9.97 Å². The van der Waals surface area contributed by atoms with Crippen molar-refractivity contribution in [2.24, 2.45) is 0 Å². The van der Waals surface area contributed by atoms with Crippen LogP contribution in [0.1, 0.15) is 62.0 Å². The molecule has 1 saturated heterocycles. The third-order valence-electron chi connectivity index (χ3n) is 4.99. The van der Waals surface area contributed by atoms with E-state index in [2.05, 4.69) is 66.3 Å². The zero-order valence-corrected chi connectivity index (χ0v) is 14.1. The molecule has 0 amide bonds. The van der Waals surface area contributed by atoms with Crippen LogP contribution in [0.5, 0.6) is 0 Å². The Hall–Kier alpha value is -2.10. The molecule has 2 aliphatic rings. The Bertz CT molecular complexity index is 725. The summed E-state index contributed by atoms with van der Waals surface area (Å²) in [6.07, 6.45) is 1.22. The van der Waals surface area contributed by atoms with Crippen LogP contribution in [-0.2, 0) is 0 Å². The third-order valence-corrected chi connectivity index (χ3v) is 4.99. The fourth-order valence-electron chi connectivity index (χ4n) is 3.93. The smallest absolute Gasteiger partial charge is 0.135 e. The number of nitrogens with one attached hydrogen (secondary N) is 1. The summed E-state index contributed by atoms with van der Waals surface area (Å²) in [5.41, 5.74) is 3.03. The summed E-state index contributed by atoms with van der Waals surface area (Å²) in [5.74, 6) is 3.92. The van der Waals surface area contributed by atoms with Crippen molar-refractivity contribution >= 4 is 11.6 Å². The highest BCUT2D eigenvalue weighted by atomic mass is 15.3. The highest BCUT2D eigenvalue weighted by molar-refractivity contribution is 5.57. The number of anilines is 2. The number of benzene rings is 1. The quantitative estimate of drug-likeness (QED) is 0.924. The first-order valence-corrected chi connectivity index (χ1v) is 8.65. The first-order valence-electron chi connectivity index (χ1n) is 8.65. The van der Waals surface area contributed by atoms with Gasteiger partial charge in [-0.05, 0) is 24.5 Å². The lowest BCUT2D eigenvalue weighted by Crippen LogP contribution is -2.28. The molecule has 4 heteroatoms. The van der Waals surface area contributed by atoms with E-state index in [1.54, 1.807) is 5.56 Å². The van der Waals surface area contributed by atoms with Crippen LogP contribution in [-0.4, -0.2) is 23.1 Å². The molecule has 2 aromatic rings. The molecule has 1 aliphatic heterocycles. The van der Waals surface area contributed by atoms with Crippen LogP contribution in [0.3, 0.4) is 0 Å². The lowest BCUT2D eigenvalue weighted by molar-refractivity contribution is 0.710. The average molecular weight is 308 g/mol. The molecule has 0 radical (unpaired) electrons. The number of hydrogen-bond donors (Lipinski definition) is 1. The van der Waals surface area contributed by atoms with Crippen molar-refractivity contribution in [3.8, 4) is 0 Å². The van der Waals surface area contributed by atoms with Crippen LogP contribution < -0.4 is 10.2 Å². The monoisotopic (exact) mass is 308 g/mol. The van der Waals surface area contributed by atoms with Crippen molar-refractivity contribution < 1.29 is 0 Å². The number of hydrogen-bond acceptors (Lipinski definition) is 4. The summed E-state index contributed by atoms with van der Waals surface area (Å²) in [7, 11) is 0. The van der Waals surface area contributed by atoms with Crippen molar-refractivity contribution in [1.29, 1.82) is 0 Å². The van der Waals surface area contributed by atoms with Crippen molar-refractivity contribution in [3.05, 3.63) is 47.3 Å². The molecule has 4 rings (SSSR count). The first kappa shape index (κ1) is 14.5. The summed E-state index contributed by atoms with van der Waals surface area (Å²) >= 11 is 0. The Balaban J connectivity index is 1.72. The van der Waals surface area contributed by atoms with E-state index in [-0.39, 0.29) is 0 Å². The number of nitrogens with zero attached hydrogens (tertiary/aromatic N) is 3. The van der Waals surface area contributed by atoms with Gasteiger partial charge in [0, 0.05) is 31.0 Å². The van der Waals surface area contributed by atoms with Gasteiger partial charge in [-0.25, -0.2) is 9.97 Å². The third kappa shape index (κ3) is 2.37. The van der Waals surface area contributed by atoms with Gasteiger partial charge in [-0.3, -0.25) is 0 Å². The Morgan fingerprint density at radius 3 is 2.74 bits per heavy atom. The molecule has 1 aliphatic carbocycles. The van der Waals surface area contributed by atoms with E-state index in [1.165, 1.54) is 12.0 Å². The topological polar surface area (TPSA) is 41.0 Å². The van der Waals surface area contributed by atoms with Crippen molar-refractivity contribution in [2.75, 3.05) is 23.3 Å². The minimum absolute atomic E-state index is 0.333. The van der Waals surface area contributed by atoms with E-state index in [0.717, 1.165) is 30.5 Å². The molecule has 1 aromatic heterocycles. The van der Waals surface area contributed by atoms with Crippen LogP contribution in [0.15, 0.2) is 30.3 Å². The van der Waals surface area contributed by atoms with E-state index in [9.17, 15) is 0 Å². The summed E-state index contributed by atoms with van der Waals surface area (Å²) in [6, 6.07) is 11.5. The van der Waals surface area contributed by atoms with E-state index in [1.807, 2.05) is 0 Å². The molecule has 1 N–H and O–H groups in total. The Morgan fingerprint density at radius 1 is 1.22 bits per heavy atom. The maximum Gasteiger partial charge on any atom is 0.135 e. The van der Waals surface area contributed by atoms with Crippen LogP contribution >= 0.6 is 0 Å². The molecule has 1 aromatic carbocycles. The molecule has 2 bridgehead atoms. The molecule has 2 heterocycles. The average Bonchev–Trinajstić information content (AvgIpc) is 3.14. The van der Waals surface area contributed by atoms with Gasteiger partial charge in [-0.2, -0.15) is 0 Å². The van der Waals surface area contributed by atoms with Crippen LogP contribution in [0, 0.1) is 0 Å². The summed E-state index contributed by atoms with van der Waals surface area (Å²) in [5, 5.41) is 3.35. The molecular weight excluding hydrogens is 284 g/mol. The van der Waals surface area contributed by atoms with Gasteiger partial charge in [0.25, 0.3) is 0 Å². The second-order valence-corrected chi connectivity index (χ2v) is 6.88. The normalized spacial score (nSPS) is 21.8. The van der Waals surface area contributed by atoms with Crippen LogP contribution in [0.2, 0.25) is 0 Å². The van der Waals surface area contributed by atoms with E-state index >= 15 is 0 Å². The molecule has 0 spiro atoms. The van der Waals surface area contributed by atoms with Gasteiger partial charge >= 0.3 is 0 Å². The van der Waals surface area contributed by atoms with Gasteiger partial charge in [0.15, 0.2) is 0 Å². The fraction of sp³-hybridized carbons (Fsp3) is 0.474. The lowest BCUT2D eigenvalue weighted by atomic mass is 9.99. The lowest BCUT2D eigenvalue weighted by Gasteiger charge is -2.30. The molecule has 120 valence electrons. The number of fused-ring (bicyclic) bond motifs is 5. The van der Waals surface area contributed by atoms with E-state index in [0.29, 0.717) is 17.9 Å². The van der Waals surface area contributed by atoms with Gasteiger partial charge < -0.3 is 10.2 Å². The Morgan fingerprint density at radius 2 is 2.00 bits per heavy atom. The van der Waals surface area contributed by atoms with Crippen LogP contribution in [0.25, 0.3) is 0 Å². The Kier molecular flexibility index (Phi) is 3.47. The molecule has 2 atom stereocenters. The zero-order valence-electron chi connectivity index (χ0n) is 14.1. The van der Waals surface area contributed by atoms with Gasteiger partial charge in [0.2, 0.25) is 0 Å². The molecular formula is C19H24N4. The molecule has 0 saturated carbocycles. The van der Waals surface area contributed by atoms with E-state index in [4.69, 9.17) is 4.98 Å². The molecule has 4 nitrogen and oxygen atoms in total. The zero-order chi connectivity index (χ0) is 16.0. The largest absolute Gasteiger partial charge is 0.370 e. The SMILES string of the molecule is CCNc1cc(N2C[C@H]3C[C@H]2c2ccccc23)nc(C(C)C)n1. The van der Waals surface area contributed by atoms with Crippen molar-refractivity contribution in [2.45, 2.75) is 45.1 Å².